The zero-order valence-electron chi connectivity index (χ0n) is 15.8. The second-order valence-corrected chi connectivity index (χ2v) is 7.04. The Hall–Kier alpha value is -3.42. The number of ketones is 1. The maximum absolute atomic E-state index is 14.2. The van der Waals surface area contributed by atoms with E-state index in [0.717, 1.165) is 25.7 Å². The predicted molar refractivity (Wildman–Crippen MR) is 102 cm³/mol. The third-order valence-electron chi connectivity index (χ3n) is 5.02. The van der Waals surface area contributed by atoms with Crippen LogP contribution in [0.15, 0.2) is 41.1 Å². The lowest BCUT2D eigenvalue weighted by Gasteiger charge is -2.10. The van der Waals surface area contributed by atoms with Crippen molar-refractivity contribution in [3.05, 3.63) is 59.2 Å². The molecular weight excluding hydrogens is 377 g/mol. The Morgan fingerprint density at radius 2 is 2.03 bits per heavy atom. The summed E-state index contributed by atoms with van der Waals surface area (Å²) in [6, 6.07) is 7.58. The second kappa shape index (κ2) is 7.90. The molecule has 0 aliphatic heterocycles. The van der Waals surface area contributed by atoms with Crippen LogP contribution in [-0.2, 0) is 0 Å². The second-order valence-electron chi connectivity index (χ2n) is 7.04. The number of hydrogen-bond donors (Lipinski definition) is 2. The smallest absolute Gasteiger partial charge is 0.393 e. The Balaban J connectivity index is 1.53. The van der Waals surface area contributed by atoms with E-state index in [0.29, 0.717) is 0 Å². The summed E-state index contributed by atoms with van der Waals surface area (Å²) in [5.41, 5.74) is 0.720. The van der Waals surface area contributed by atoms with Crippen LogP contribution >= 0.6 is 0 Å². The Morgan fingerprint density at radius 1 is 1.28 bits per heavy atom. The summed E-state index contributed by atoms with van der Waals surface area (Å²) in [5, 5.41) is 6.67. The number of ether oxygens (including phenoxy) is 1. The minimum atomic E-state index is -0.564. The average molecular weight is 397 g/mol. The van der Waals surface area contributed by atoms with E-state index in [1.165, 1.54) is 24.4 Å². The van der Waals surface area contributed by atoms with E-state index in [-0.39, 0.29) is 40.1 Å². The number of benzene rings is 1. The molecular formula is C21H20FN3O4. The fourth-order valence-corrected chi connectivity index (χ4v) is 3.55. The van der Waals surface area contributed by atoms with Crippen LogP contribution in [0.3, 0.4) is 0 Å². The molecule has 1 saturated carbocycles. The number of nitrogens with one attached hydrogen (secondary N) is 2. The van der Waals surface area contributed by atoms with Crippen molar-refractivity contribution in [2.24, 2.45) is 0 Å². The van der Waals surface area contributed by atoms with E-state index in [9.17, 15) is 14.0 Å². The van der Waals surface area contributed by atoms with Gasteiger partial charge in [-0.05, 0) is 31.9 Å². The molecule has 1 aromatic carbocycles. The molecule has 2 heterocycles. The SMILES string of the molecule is Cc1onc(-c2ccccc2F)c1C(=O)c1c[nH]c(OC(=O)NC2CCCC2)c1. The first kappa shape index (κ1) is 18.9. The van der Waals surface area contributed by atoms with Crippen molar-refractivity contribution < 1.29 is 23.2 Å². The fourth-order valence-electron chi connectivity index (χ4n) is 3.55. The van der Waals surface area contributed by atoms with Gasteiger partial charge < -0.3 is 19.6 Å². The van der Waals surface area contributed by atoms with Crippen LogP contribution in [0, 0.1) is 12.7 Å². The average Bonchev–Trinajstić information content (AvgIpc) is 3.43. The molecule has 0 saturated heterocycles. The Morgan fingerprint density at radius 3 is 2.79 bits per heavy atom. The molecule has 2 aromatic heterocycles. The zero-order valence-corrected chi connectivity index (χ0v) is 15.8. The molecule has 29 heavy (non-hydrogen) atoms. The maximum Gasteiger partial charge on any atom is 0.414 e. The molecule has 0 radical (unpaired) electrons. The topological polar surface area (TPSA) is 97.2 Å². The molecule has 4 rings (SSSR count). The molecule has 7 nitrogen and oxygen atoms in total. The number of rotatable bonds is 5. The highest BCUT2D eigenvalue weighted by molar-refractivity contribution is 6.13. The van der Waals surface area contributed by atoms with Gasteiger partial charge in [0.05, 0.1) is 5.56 Å². The highest BCUT2D eigenvalue weighted by atomic mass is 19.1. The number of carbonyl (C=O) groups excluding carboxylic acids is 2. The first-order valence-corrected chi connectivity index (χ1v) is 9.45. The molecule has 8 heteroatoms. The van der Waals surface area contributed by atoms with Gasteiger partial charge in [0, 0.05) is 29.4 Å². The van der Waals surface area contributed by atoms with Crippen molar-refractivity contribution in [1.29, 1.82) is 0 Å². The summed E-state index contributed by atoms with van der Waals surface area (Å²) >= 11 is 0. The summed E-state index contributed by atoms with van der Waals surface area (Å²) in [6.45, 7) is 1.59. The first-order chi connectivity index (χ1) is 14.0. The van der Waals surface area contributed by atoms with Crippen molar-refractivity contribution in [3.8, 4) is 17.1 Å². The van der Waals surface area contributed by atoms with Gasteiger partial charge in [-0.2, -0.15) is 0 Å². The van der Waals surface area contributed by atoms with Crippen LogP contribution in [0.4, 0.5) is 9.18 Å². The Kier molecular flexibility index (Phi) is 5.16. The van der Waals surface area contributed by atoms with Gasteiger partial charge in [-0.3, -0.25) is 4.79 Å². The van der Waals surface area contributed by atoms with E-state index in [4.69, 9.17) is 9.26 Å². The lowest BCUT2D eigenvalue weighted by Crippen LogP contribution is -2.34. The van der Waals surface area contributed by atoms with E-state index >= 15 is 0 Å². The van der Waals surface area contributed by atoms with E-state index in [2.05, 4.69) is 15.5 Å². The highest BCUT2D eigenvalue weighted by Crippen LogP contribution is 2.30. The largest absolute Gasteiger partial charge is 0.414 e. The van der Waals surface area contributed by atoms with Crippen LogP contribution in [-0.4, -0.2) is 28.1 Å². The van der Waals surface area contributed by atoms with Gasteiger partial charge in [-0.25, -0.2) is 9.18 Å². The standard InChI is InChI=1S/C21H20FN3O4/c1-12-18(19(25-29-12)15-8-4-5-9-16(15)22)20(26)13-10-17(23-11-13)28-21(27)24-14-6-2-3-7-14/h4-5,8-11,14,23H,2-3,6-7H2,1H3,(H,24,27). The Bertz CT molecular complexity index is 1050. The van der Waals surface area contributed by atoms with Crippen molar-refractivity contribution >= 4 is 11.9 Å². The van der Waals surface area contributed by atoms with E-state index in [1.807, 2.05) is 0 Å². The number of halogens is 1. The van der Waals surface area contributed by atoms with Crippen molar-refractivity contribution in [3.63, 3.8) is 0 Å². The zero-order chi connectivity index (χ0) is 20.4. The van der Waals surface area contributed by atoms with Crippen molar-refractivity contribution in [2.45, 2.75) is 38.6 Å². The molecule has 0 spiro atoms. The lowest BCUT2D eigenvalue weighted by molar-refractivity contribution is 0.103. The summed E-state index contributed by atoms with van der Waals surface area (Å²) in [6.07, 6.45) is 4.93. The minimum Gasteiger partial charge on any atom is -0.393 e. The van der Waals surface area contributed by atoms with Crippen LogP contribution < -0.4 is 10.1 Å². The van der Waals surface area contributed by atoms with Crippen LogP contribution in [0.5, 0.6) is 5.88 Å². The Labute approximate surface area is 166 Å². The molecule has 1 aliphatic carbocycles. The van der Waals surface area contributed by atoms with Crippen LogP contribution in [0.2, 0.25) is 0 Å². The molecule has 3 aromatic rings. The molecule has 1 aliphatic rings. The summed E-state index contributed by atoms with van der Waals surface area (Å²) < 4.78 is 24.6. The molecule has 150 valence electrons. The van der Waals surface area contributed by atoms with Gasteiger partial charge in [0.25, 0.3) is 0 Å². The van der Waals surface area contributed by atoms with Gasteiger partial charge in [-0.15, -0.1) is 0 Å². The van der Waals surface area contributed by atoms with Gasteiger partial charge in [0.1, 0.15) is 17.3 Å². The number of H-pyrrole nitrogens is 1. The number of nitrogens with zero attached hydrogens (tertiary/aromatic N) is 1. The number of aromatic amines is 1. The minimum absolute atomic E-state index is 0.126. The van der Waals surface area contributed by atoms with E-state index in [1.54, 1.807) is 19.1 Å². The lowest BCUT2D eigenvalue weighted by atomic mass is 9.99. The monoisotopic (exact) mass is 397 g/mol. The maximum atomic E-state index is 14.2. The van der Waals surface area contributed by atoms with Crippen LogP contribution in [0.1, 0.15) is 47.4 Å². The molecule has 0 atom stereocenters. The fraction of sp³-hybridized carbons (Fsp3) is 0.286. The summed E-state index contributed by atoms with van der Waals surface area (Å²) in [7, 11) is 0. The van der Waals surface area contributed by atoms with E-state index < -0.39 is 17.7 Å². The number of hydrogen-bond acceptors (Lipinski definition) is 5. The van der Waals surface area contributed by atoms with Gasteiger partial charge in [0.2, 0.25) is 11.7 Å². The third-order valence-corrected chi connectivity index (χ3v) is 5.02. The molecule has 1 fully saturated rings. The predicted octanol–water partition coefficient (Wildman–Crippen LogP) is 4.38. The molecule has 0 unspecified atom stereocenters. The van der Waals surface area contributed by atoms with Crippen molar-refractivity contribution in [2.75, 3.05) is 0 Å². The third kappa shape index (κ3) is 3.91. The quantitative estimate of drug-likeness (QED) is 0.623. The number of amides is 1. The van der Waals surface area contributed by atoms with Crippen LogP contribution in [0.25, 0.3) is 11.3 Å². The number of aromatic nitrogens is 2. The summed E-state index contributed by atoms with van der Waals surface area (Å²) in [4.78, 5) is 27.8. The number of aryl methyl sites for hydroxylation is 1. The van der Waals surface area contributed by atoms with Gasteiger partial charge >= 0.3 is 6.09 Å². The first-order valence-electron chi connectivity index (χ1n) is 9.45. The van der Waals surface area contributed by atoms with Crippen molar-refractivity contribution in [1.82, 2.24) is 15.5 Å². The highest BCUT2D eigenvalue weighted by Gasteiger charge is 2.26. The van der Waals surface area contributed by atoms with Gasteiger partial charge in [-0.1, -0.05) is 30.1 Å². The molecule has 2 N–H and O–H groups in total. The molecule has 1 amide bonds. The number of carbonyl (C=O) groups is 2. The normalized spacial score (nSPS) is 14.1. The molecule has 0 bridgehead atoms. The summed E-state index contributed by atoms with van der Waals surface area (Å²) in [5.74, 6) is -0.498. The van der Waals surface area contributed by atoms with Gasteiger partial charge in [0.15, 0.2) is 0 Å².